The second-order valence-electron chi connectivity index (χ2n) is 8.08. The van der Waals surface area contributed by atoms with Crippen LogP contribution in [0.5, 0.6) is 0 Å². The Hall–Kier alpha value is -3.91. The van der Waals surface area contributed by atoms with E-state index in [9.17, 15) is 13.2 Å². The van der Waals surface area contributed by atoms with Gasteiger partial charge >= 0.3 is 0 Å². The van der Waals surface area contributed by atoms with Crippen LogP contribution in [-0.2, 0) is 10.0 Å². The average molecular weight is 475 g/mol. The summed E-state index contributed by atoms with van der Waals surface area (Å²) in [5.41, 5.74) is 4.94. The van der Waals surface area contributed by atoms with Crippen LogP contribution in [0.2, 0.25) is 0 Å². The second kappa shape index (κ2) is 9.15. The first kappa shape index (κ1) is 23.3. The molecule has 34 heavy (non-hydrogen) atoms. The lowest BCUT2D eigenvalue weighted by Gasteiger charge is -2.20. The Kier molecular flexibility index (Phi) is 6.26. The number of amides is 1. The molecule has 3 aromatic carbocycles. The van der Waals surface area contributed by atoms with Crippen LogP contribution >= 0.6 is 0 Å². The van der Waals surface area contributed by atoms with Crippen LogP contribution in [0.25, 0.3) is 5.69 Å². The molecule has 0 bridgehead atoms. The van der Waals surface area contributed by atoms with Crippen molar-refractivity contribution in [2.75, 3.05) is 16.7 Å². The summed E-state index contributed by atoms with van der Waals surface area (Å²) in [4.78, 5) is 13.1. The molecule has 0 unspecified atom stereocenters. The highest BCUT2D eigenvalue weighted by atomic mass is 32.2. The summed E-state index contributed by atoms with van der Waals surface area (Å²) in [6.45, 7) is 5.65. The lowest BCUT2D eigenvalue weighted by atomic mass is 10.2. The molecule has 8 heteroatoms. The van der Waals surface area contributed by atoms with E-state index in [2.05, 4.69) is 10.4 Å². The lowest BCUT2D eigenvalue weighted by molar-refractivity contribution is 0.102. The van der Waals surface area contributed by atoms with Crippen molar-refractivity contribution in [3.05, 3.63) is 101 Å². The lowest BCUT2D eigenvalue weighted by Crippen LogP contribution is -2.26. The molecule has 4 rings (SSSR count). The zero-order valence-electron chi connectivity index (χ0n) is 19.5. The molecule has 1 aromatic heterocycles. The van der Waals surface area contributed by atoms with Crippen molar-refractivity contribution < 1.29 is 13.2 Å². The normalized spacial score (nSPS) is 11.3. The first-order valence-electron chi connectivity index (χ1n) is 10.8. The minimum absolute atomic E-state index is 0.212. The van der Waals surface area contributed by atoms with Crippen molar-refractivity contribution in [2.24, 2.45) is 0 Å². The molecule has 7 nitrogen and oxygen atoms in total. The van der Waals surface area contributed by atoms with Crippen LogP contribution in [0.15, 0.2) is 83.8 Å². The molecular formula is C26H26N4O3S. The maximum atomic E-state index is 12.9. The van der Waals surface area contributed by atoms with E-state index in [1.807, 2.05) is 51.1 Å². The zero-order chi connectivity index (χ0) is 24.5. The summed E-state index contributed by atoms with van der Waals surface area (Å²) in [5.74, 6) is -0.297. The molecule has 4 aromatic rings. The van der Waals surface area contributed by atoms with Gasteiger partial charge in [-0.25, -0.2) is 13.1 Å². The Balaban J connectivity index is 1.53. The van der Waals surface area contributed by atoms with Crippen LogP contribution in [0, 0.1) is 20.8 Å². The van der Waals surface area contributed by atoms with Gasteiger partial charge in [-0.05, 0) is 69.3 Å². The number of aryl methyl sites for hydroxylation is 2. The number of nitrogens with one attached hydrogen (secondary N) is 1. The van der Waals surface area contributed by atoms with Crippen LogP contribution in [0.4, 0.5) is 11.4 Å². The van der Waals surface area contributed by atoms with Crippen LogP contribution in [0.1, 0.15) is 27.3 Å². The number of carbonyl (C=O) groups excluding carboxylic acids is 1. The summed E-state index contributed by atoms with van der Waals surface area (Å²) in [5, 5.41) is 7.50. The molecule has 1 N–H and O–H groups in total. The summed E-state index contributed by atoms with van der Waals surface area (Å²) < 4.78 is 28.9. The van der Waals surface area contributed by atoms with Crippen LogP contribution < -0.4 is 9.62 Å². The number of hydrogen-bond acceptors (Lipinski definition) is 4. The van der Waals surface area contributed by atoms with Gasteiger partial charge in [-0.15, -0.1) is 0 Å². The maximum Gasteiger partial charge on any atom is 0.264 e. The highest BCUT2D eigenvalue weighted by Crippen LogP contribution is 2.25. The third-order valence-corrected chi connectivity index (χ3v) is 7.50. The highest BCUT2D eigenvalue weighted by molar-refractivity contribution is 7.92. The van der Waals surface area contributed by atoms with Gasteiger partial charge in [-0.1, -0.05) is 35.9 Å². The van der Waals surface area contributed by atoms with E-state index < -0.39 is 10.0 Å². The number of hydrogen-bond donors (Lipinski definition) is 1. The van der Waals surface area contributed by atoms with Gasteiger partial charge in [0.2, 0.25) is 0 Å². The third-order valence-electron chi connectivity index (χ3n) is 5.70. The van der Waals surface area contributed by atoms with Gasteiger partial charge < -0.3 is 5.32 Å². The molecular weight excluding hydrogens is 448 g/mol. The minimum Gasteiger partial charge on any atom is -0.319 e. The summed E-state index contributed by atoms with van der Waals surface area (Å²) in [6.07, 6.45) is 0. The SMILES string of the molecule is Cc1ccc(S(=O)(=O)N(C)c2ccc(C(=O)Nc3c(C)nn(-c4ccccc4)c3C)cc2)cc1. The number of aromatic nitrogens is 2. The van der Waals surface area contributed by atoms with Gasteiger partial charge in [-0.2, -0.15) is 5.10 Å². The fourth-order valence-electron chi connectivity index (χ4n) is 3.66. The highest BCUT2D eigenvalue weighted by Gasteiger charge is 2.22. The smallest absolute Gasteiger partial charge is 0.264 e. The first-order chi connectivity index (χ1) is 16.2. The predicted molar refractivity (Wildman–Crippen MR) is 134 cm³/mol. The van der Waals surface area contributed by atoms with E-state index in [1.54, 1.807) is 53.2 Å². The van der Waals surface area contributed by atoms with Crippen molar-refractivity contribution in [3.8, 4) is 5.69 Å². The Morgan fingerprint density at radius 2 is 1.50 bits per heavy atom. The Morgan fingerprint density at radius 3 is 2.12 bits per heavy atom. The topological polar surface area (TPSA) is 84.3 Å². The number of anilines is 2. The van der Waals surface area contributed by atoms with Gasteiger partial charge in [0, 0.05) is 12.6 Å². The van der Waals surface area contributed by atoms with Gasteiger partial charge in [-0.3, -0.25) is 9.10 Å². The number of benzene rings is 3. The van der Waals surface area contributed by atoms with Crippen molar-refractivity contribution >= 4 is 27.3 Å². The van der Waals surface area contributed by atoms with Gasteiger partial charge in [0.1, 0.15) is 0 Å². The van der Waals surface area contributed by atoms with E-state index in [1.165, 1.54) is 11.4 Å². The first-order valence-corrected chi connectivity index (χ1v) is 12.2. The maximum absolute atomic E-state index is 12.9. The second-order valence-corrected chi connectivity index (χ2v) is 10.0. The molecule has 0 aliphatic heterocycles. The Bertz CT molecular complexity index is 1430. The fraction of sp³-hybridized carbons (Fsp3) is 0.154. The Labute approximate surface area is 199 Å². The van der Waals surface area contributed by atoms with Gasteiger partial charge in [0.25, 0.3) is 15.9 Å². The van der Waals surface area contributed by atoms with Crippen molar-refractivity contribution in [3.63, 3.8) is 0 Å². The molecule has 0 fully saturated rings. The standard InChI is InChI=1S/C26H26N4O3S/c1-18-10-16-24(17-11-18)34(32,33)29(4)22-14-12-21(13-15-22)26(31)27-25-19(2)28-30(20(25)3)23-8-6-5-7-9-23/h5-17H,1-4H3,(H,27,31). The van der Waals surface area contributed by atoms with E-state index >= 15 is 0 Å². The molecule has 0 spiro atoms. The van der Waals surface area contributed by atoms with Crippen molar-refractivity contribution in [1.82, 2.24) is 9.78 Å². The third kappa shape index (κ3) is 4.45. The van der Waals surface area contributed by atoms with Crippen LogP contribution in [0.3, 0.4) is 0 Å². The number of carbonyl (C=O) groups is 1. The molecule has 1 amide bonds. The van der Waals surface area contributed by atoms with Crippen molar-refractivity contribution in [1.29, 1.82) is 0 Å². The van der Waals surface area contributed by atoms with Gasteiger partial charge in [0.05, 0.1) is 33.3 Å². The summed E-state index contributed by atoms with van der Waals surface area (Å²) in [6, 6.07) is 22.9. The van der Waals surface area contributed by atoms with E-state index in [0.29, 0.717) is 22.6 Å². The number of sulfonamides is 1. The summed E-state index contributed by atoms with van der Waals surface area (Å²) in [7, 11) is -2.21. The van der Waals surface area contributed by atoms with Gasteiger partial charge in [0.15, 0.2) is 0 Å². The molecule has 174 valence electrons. The van der Waals surface area contributed by atoms with E-state index in [0.717, 1.165) is 16.9 Å². The molecule has 0 aliphatic rings. The number of nitrogens with zero attached hydrogens (tertiary/aromatic N) is 3. The molecule has 0 saturated carbocycles. The number of rotatable bonds is 6. The molecule has 1 heterocycles. The monoisotopic (exact) mass is 474 g/mol. The molecule has 0 saturated heterocycles. The van der Waals surface area contributed by atoms with Crippen LogP contribution in [-0.4, -0.2) is 31.2 Å². The molecule has 0 aliphatic carbocycles. The predicted octanol–water partition coefficient (Wildman–Crippen LogP) is 4.87. The Morgan fingerprint density at radius 1 is 0.882 bits per heavy atom. The minimum atomic E-state index is -3.70. The quantitative estimate of drug-likeness (QED) is 0.432. The average Bonchev–Trinajstić information content (AvgIpc) is 3.12. The molecule has 0 atom stereocenters. The zero-order valence-corrected chi connectivity index (χ0v) is 20.3. The largest absolute Gasteiger partial charge is 0.319 e. The van der Waals surface area contributed by atoms with E-state index in [4.69, 9.17) is 0 Å². The van der Waals surface area contributed by atoms with Crippen molar-refractivity contribution in [2.45, 2.75) is 25.7 Å². The van der Waals surface area contributed by atoms with E-state index in [-0.39, 0.29) is 10.8 Å². The molecule has 0 radical (unpaired) electrons. The number of para-hydroxylation sites is 1. The fourth-order valence-corrected chi connectivity index (χ4v) is 4.86. The summed E-state index contributed by atoms with van der Waals surface area (Å²) >= 11 is 0.